The third-order valence-electron chi connectivity index (χ3n) is 2.61. The van der Waals surface area contributed by atoms with Crippen molar-refractivity contribution in [3.8, 4) is 0 Å². The number of hydrogen-bond donors (Lipinski definition) is 1. The number of nitrogens with one attached hydrogen (secondary N) is 1. The van der Waals surface area contributed by atoms with E-state index in [4.69, 9.17) is 0 Å². The molecule has 1 aromatic heterocycles. The first-order valence-electron chi connectivity index (χ1n) is 5.87. The second kappa shape index (κ2) is 6.62. The van der Waals surface area contributed by atoms with Crippen molar-refractivity contribution in [2.45, 2.75) is 39.7 Å². The van der Waals surface area contributed by atoms with E-state index < -0.39 is 0 Å². The van der Waals surface area contributed by atoms with Crippen LogP contribution in [-0.4, -0.2) is 16.3 Å². The van der Waals surface area contributed by atoms with Crippen LogP contribution >= 0.6 is 0 Å². The van der Waals surface area contributed by atoms with Gasteiger partial charge in [0, 0.05) is 19.8 Å². The predicted octanol–water partition coefficient (Wildman–Crippen LogP) is 2.34. The highest BCUT2D eigenvalue weighted by Crippen LogP contribution is 2.05. The van der Waals surface area contributed by atoms with Gasteiger partial charge in [-0.25, -0.2) is 0 Å². The predicted molar refractivity (Wildman–Crippen MR) is 63.6 cm³/mol. The van der Waals surface area contributed by atoms with Crippen molar-refractivity contribution in [1.82, 2.24) is 15.1 Å². The SMILES string of the molecule is CC(C)CCCCNCc1ccnn1C. The van der Waals surface area contributed by atoms with Gasteiger partial charge in [-0.15, -0.1) is 0 Å². The van der Waals surface area contributed by atoms with Crippen LogP contribution in [0.5, 0.6) is 0 Å². The highest BCUT2D eigenvalue weighted by Gasteiger charge is 1.97. The van der Waals surface area contributed by atoms with E-state index in [1.54, 1.807) is 0 Å². The molecule has 0 spiro atoms. The highest BCUT2D eigenvalue weighted by molar-refractivity contribution is 4.98. The molecule has 0 aliphatic heterocycles. The number of unbranched alkanes of at least 4 members (excludes halogenated alkanes) is 1. The summed E-state index contributed by atoms with van der Waals surface area (Å²) >= 11 is 0. The maximum absolute atomic E-state index is 4.13. The fourth-order valence-corrected chi connectivity index (χ4v) is 1.59. The van der Waals surface area contributed by atoms with Crippen molar-refractivity contribution in [2.24, 2.45) is 13.0 Å². The average Bonchev–Trinajstić information content (AvgIpc) is 2.57. The molecular weight excluding hydrogens is 186 g/mol. The zero-order valence-electron chi connectivity index (χ0n) is 10.2. The smallest absolute Gasteiger partial charge is 0.0518 e. The van der Waals surface area contributed by atoms with Crippen molar-refractivity contribution in [3.63, 3.8) is 0 Å². The fourth-order valence-electron chi connectivity index (χ4n) is 1.59. The molecule has 0 unspecified atom stereocenters. The summed E-state index contributed by atoms with van der Waals surface area (Å²) in [5, 5.41) is 7.57. The van der Waals surface area contributed by atoms with Gasteiger partial charge < -0.3 is 5.32 Å². The van der Waals surface area contributed by atoms with E-state index in [1.807, 2.05) is 17.9 Å². The summed E-state index contributed by atoms with van der Waals surface area (Å²) < 4.78 is 1.92. The first kappa shape index (κ1) is 12.2. The van der Waals surface area contributed by atoms with Gasteiger partial charge in [0.2, 0.25) is 0 Å². The summed E-state index contributed by atoms with van der Waals surface area (Å²) in [5.41, 5.74) is 1.25. The molecule has 0 radical (unpaired) electrons. The van der Waals surface area contributed by atoms with Crippen molar-refractivity contribution < 1.29 is 0 Å². The molecule has 0 amide bonds. The molecule has 3 nitrogen and oxygen atoms in total. The molecule has 0 saturated heterocycles. The molecule has 0 aromatic carbocycles. The van der Waals surface area contributed by atoms with Gasteiger partial charge in [0.15, 0.2) is 0 Å². The third-order valence-corrected chi connectivity index (χ3v) is 2.61. The zero-order valence-corrected chi connectivity index (χ0v) is 10.2. The van der Waals surface area contributed by atoms with Crippen LogP contribution < -0.4 is 5.32 Å². The van der Waals surface area contributed by atoms with Crippen molar-refractivity contribution >= 4 is 0 Å². The molecule has 0 bridgehead atoms. The van der Waals surface area contributed by atoms with Crippen LogP contribution in [0.2, 0.25) is 0 Å². The Kier molecular flexibility index (Phi) is 5.40. The van der Waals surface area contributed by atoms with Crippen LogP contribution in [0, 0.1) is 5.92 Å². The van der Waals surface area contributed by atoms with Gasteiger partial charge in [0.25, 0.3) is 0 Å². The minimum atomic E-state index is 0.835. The van der Waals surface area contributed by atoms with E-state index in [2.05, 4.69) is 30.3 Å². The van der Waals surface area contributed by atoms with Crippen LogP contribution in [0.25, 0.3) is 0 Å². The summed E-state index contributed by atoms with van der Waals surface area (Å²) in [5.74, 6) is 0.835. The maximum Gasteiger partial charge on any atom is 0.0518 e. The normalized spacial score (nSPS) is 11.2. The lowest BCUT2D eigenvalue weighted by atomic mass is 10.1. The summed E-state index contributed by atoms with van der Waals surface area (Å²) in [7, 11) is 1.98. The quantitative estimate of drug-likeness (QED) is 0.699. The highest BCUT2D eigenvalue weighted by atomic mass is 15.3. The summed E-state index contributed by atoms with van der Waals surface area (Å²) in [6.45, 7) is 6.60. The Hall–Kier alpha value is -0.830. The van der Waals surface area contributed by atoms with Crippen LogP contribution in [0.1, 0.15) is 38.8 Å². The largest absolute Gasteiger partial charge is 0.311 e. The Balaban J connectivity index is 2.00. The molecule has 0 aliphatic rings. The van der Waals surface area contributed by atoms with Gasteiger partial charge in [-0.1, -0.05) is 26.7 Å². The van der Waals surface area contributed by atoms with E-state index in [-0.39, 0.29) is 0 Å². The maximum atomic E-state index is 4.13. The topological polar surface area (TPSA) is 29.9 Å². The summed E-state index contributed by atoms with van der Waals surface area (Å²) in [4.78, 5) is 0. The van der Waals surface area contributed by atoms with Gasteiger partial charge in [-0.05, 0) is 24.9 Å². The molecule has 1 aromatic rings. The van der Waals surface area contributed by atoms with Crippen LogP contribution in [0.15, 0.2) is 12.3 Å². The zero-order chi connectivity index (χ0) is 11.1. The fraction of sp³-hybridized carbons (Fsp3) is 0.750. The molecule has 1 N–H and O–H groups in total. The van der Waals surface area contributed by atoms with Gasteiger partial charge >= 0.3 is 0 Å². The van der Waals surface area contributed by atoms with Crippen molar-refractivity contribution in [3.05, 3.63) is 18.0 Å². The lowest BCUT2D eigenvalue weighted by molar-refractivity contribution is 0.516. The molecule has 0 aliphatic carbocycles. The Morgan fingerprint density at radius 1 is 1.40 bits per heavy atom. The second-order valence-electron chi connectivity index (χ2n) is 4.51. The minimum Gasteiger partial charge on any atom is -0.311 e. The molecular formula is C12H23N3. The first-order chi connectivity index (χ1) is 7.20. The standard InChI is InChI=1S/C12H23N3/c1-11(2)6-4-5-8-13-10-12-7-9-14-15(12)3/h7,9,11,13H,4-6,8,10H2,1-3H3. The second-order valence-corrected chi connectivity index (χ2v) is 4.51. The van der Waals surface area contributed by atoms with Crippen LogP contribution in [0.4, 0.5) is 0 Å². The molecule has 0 fully saturated rings. The van der Waals surface area contributed by atoms with E-state index >= 15 is 0 Å². The van der Waals surface area contributed by atoms with Crippen LogP contribution in [0.3, 0.4) is 0 Å². The summed E-state index contributed by atoms with van der Waals surface area (Å²) in [6, 6.07) is 2.06. The number of rotatable bonds is 7. The number of nitrogens with zero attached hydrogens (tertiary/aromatic N) is 2. The number of hydrogen-bond acceptors (Lipinski definition) is 2. The Bertz CT molecular complexity index is 266. The van der Waals surface area contributed by atoms with Crippen LogP contribution in [-0.2, 0) is 13.6 Å². The van der Waals surface area contributed by atoms with Gasteiger partial charge in [0.1, 0.15) is 0 Å². The van der Waals surface area contributed by atoms with E-state index in [0.29, 0.717) is 0 Å². The van der Waals surface area contributed by atoms with Gasteiger partial charge in [-0.2, -0.15) is 5.10 Å². The molecule has 0 saturated carbocycles. The van der Waals surface area contributed by atoms with Crippen molar-refractivity contribution in [1.29, 1.82) is 0 Å². The molecule has 15 heavy (non-hydrogen) atoms. The first-order valence-corrected chi connectivity index (χ1v) is 5.87. The molecule has 86 valence electrons. The molecule has 0 atom stereocenters. The molecule has 3 heteroatoms. The Morgan fingerprint density at radius 2 is 2.20 bits per heavy atom. The minimum absolute atomic E-state index is 0.835. The lowest BCUT2D eigenvalue weighted by Gasteiger charge is -2.06. The average molecular weight is 209 g/mol. The van der Waals surface area contributed by atoms with Crippen molar-refractivity contribution in [2.75, 3.05) is 6.54 Å². The summed E-state index contributed by atoms with van der Waals surface area (Å²) in [6.07, 6.45) is 5.79. The number of aromatic nitrogens is 2. The van der Waals surface area contributed by atoms with E-state index in [9.17, 15) is 0 Å². The monoisotopic (exact) mass is 209 g/mol. The molecule has 1 rings (SSSR count). The van der Waals surface area contributed by atoms with E-state index in [0.717, 1.165) is 19.0 Å². The van der Waals surface area contributed by atoms with E-state index in [1.165, 1.54) is 25.0 Å². The van der Waals surface area contributed by atoms with Gasteiger partial charge in [0.05, 0.1) is 5.69 Å². The van der Waals surface area contributed by atoms with Gasteiger partial charge in [-0.3, -0.25) is 4.68 Å². The lowest BCUT2D eigenvalue weighted by Crippen LogP contribution is -2.17. The Labute approximate surface area is 92.9 Å². The molecule has 1 heterocycles. The number of aryl methyl sites for hydroxylation is 1. The Morgan fingerprint density at radius 3 is 2.80 bits per heavy atom. The third kappa shape index (κ3) is 4.98.